The highest BCUT2D eigenvalue weighted by Gasteiger charge is 2.57. The van der Waals surface area contributed by atoms with E-state index in [-0.39, 0.29) is 17.2 Å². The summed E-state index contributed by atoms with van der Waals surface area (Å²) in [5, 5.41) is -0.290. The molecule has 0 spiro atoms. The van der Waals surface area contributed by atoms with Crippen molar-refractivity contribution >= 4 is 34.2 Å². The molecule has 0 aliphatic carbocycles. The molecule has 5 nitrogen and oxygen atoms in total. The lowest BCUT2D eigenvalue weighted by molar-refractivity contribution is -0.136. The number of amides is 1. The topological polar surface area (TPSA) is 55.8 Å². The van der Waals surface area contributed by atoms with E-state index in [1.165, 1.54) is 18.9 Å². The number of methoxy groups -OCH3 is 2. The van der Waals surface area contributed by atoms with Gasteiger partial charge in [0.1, 0.15) is 11.0 Å². The van der Waals surface area contributed by atoms with Gasteiger partial charge in [0, 0.05) is 10.6 Å². The molecule has 4 rings (SSSR count). The normalized spacial score (nSPS) is 21.3. The molecule has 0 bridgehead atoms. The van der Waals surface area contributed by atoms with E-state index in [0.29, 0.717) is 11.3 Å². The highest BCUT2D eigenvalue weighted by atomic mass is 32.2. The Morgan fingerprint density at radius 2 is 1.73 bits per heavy atom. The summed E-state index contributed by atoms with van der Waals surface area (Å²) in [5.41, 5.74) is 2.22. The average Bonchev–Trinajstić information content (AvgIpc) is 3.04. The van der Waals surface area contributed by atoms with Crippen LogP contribution >= 0.6 is 11.8 Å². The molecule has 0 radical (unpaired) electrons. The maximum atomic E-state index is 12.7. The van der Waals surface area contributed by atoms with Gasteiger partial charge in [0.25, 0.3) is 0 Å². The second-order valence-electron chi connectivity index (χ2n) is 5.99. The van der Waals surface area contributed by atoms with Crippen molar-refractivity contribution in [3.05, 3.63) is 65.7 Å². The first kappa shape index (κ1) is 16.7. The Hall–Kier alpha value is -2.73. The van der Waals surface area contributed by atoms with Crippen LogP contribution in [0.5, 0.6) is 5.75 Å². The van der Waals surface area contributed by atoms with E-state index in [9.17, 15) is 9.59 Å². The van der Waals surface area contributed by atoms with Gasteiger partial charge >= 0.3 is 5.97 Å². The molecule has 2 aliphatic heterocycles. The van der Waals surface area contributed by atoms with Crippen LogP contribution in [0.25, 0.3) is 4.91 Å². The number of β-lactam (4-membered cyclic amide) rings is 1. The molecule has 1 saturated heterocycles. The van der Waals surface area contributed by atoms with Crippen molar-refractivity contribution in [3.63, 3.8) is 0 Å². The van der Waals surface area contributed by atoms with Gasteiger partial charge in [-0.1, -0.05) is 30.3 Å². The number of rotatable bonds is 4. The van der Waals surface area contributed by atoms with Crippen LogP contribution in [0.4, 0.5) is 5.69 Å². The third-order valence-electron chi connectivity index (χ3n) is 4.62. The molecular formula is C20H17NO4S. The summed E-state index contributed by atoms with van der Waals surface area (Å²) in [6, 6.07) is 16.6. The van der Waals surface area contributed by atoms with Crippen LogP contribution in [0.15, 0.2) is 60.2 Å². The predicted molar refractivity (Wildman–Crippen MR) is 101 cm³/mol. The zero-order valence-electron chi connectivity index (χ0n) is 14.3. The van der Waals surface area contributed by atoms with E-state index in [0.717, 1.165) is 16.2 Å². The summed E-state index contributed by atoms with van der Waals surface area (Å²) in [7, 11) is 2.96. The van der Waals surface area contributed by atoms with Crippen molar-refractivity contribution in [3.8, 4) is 5.75 Å². The molecule has 2 heterocycles. The van der Waals surface area contributed by atoms with Crippen LogP contribution in [0, 0.1) is 0 Å². The lowest BCUT2D eigenvalue weighted by Gasteiger charge is -2.43. The Kier molecular flexibility index (Phi) is 4.20. The second kappa shape index (κ2) is 6.53. The standard InChI is InChI=1S/C20H17NO4S/c1-24-14-10-8-13(9-11-14)21-16-15(20(23)25-2)17(26-18(16)19(21)22)12-6-4-3-5-7-12/h3-11,16,18H,1-2H3/t16-,18+/m1/s1. The fraction of sp³-hybridized carbons (Fsp3) is 0.200. The minimum absolute atomic E-state index is 0.00231. The molecule has 0 unspecified atom stereocenters. The van der Waals surface area contributed by atoms with Gasteiger partial charge in [-0.25, -0.2) is 4.79 Å². The number of carbonyl (C=O) groups is 2. The molecule has 0 N–H and O–H groups in total. The van der Waals surface area contributed by atoms with Gasteiger partial charge in [-0.15, -0.1) is 11.8 Å². The quantitative estimate of drug-likeness (QED) is 0.614. The Bertz CT molecular complexity index is 892. The number of hydrogen-bond donors (Lipinski definition) is 0. The van der Waals surface area contributed by atoms with Crippen molar-refractivity contribution in [2.45, 2.75) is 11.3 Å². The Morgan fingerprint density at radius 1 is 1.04 bits per heavy atom. The van der Waals surface area contributed by atoms with Crippen molar-refractivity contribution in [2.75, 3.05) is 19.1 Å². The van der Waals surface area contributed by atoms with Crippen molar-refractivity contribution in [1.82, 2.24) is 0 Å². The monoisotopic (exact) mass is 367 g/mol. The molecule has 2 atom stereocenters. The maximum absolute atomic E-state index is 12.7. The van der Waals surface area contributed by atoms with Gasteiger partial charge in [0.15, 0.2) is 0 Å². The minimum atomic E-state index is -0.394. The van der Waals surface area contributed by atoms with E-state index in [1.807, 2.05) is 42.5 Å². The van der Waals surface area contributed by atoms with E-state index < -0.39 is 5.97 Å². The first-order valence-corrected chi connectivity index (χ1v) is 9.05. The fourth-order valence-electron chi connectivity index (χ4n) is 3.35. The van der Waals surface area contributed by atoms with Gasteiger partial charge < -0.3 is 14.4 Å². The van der Waals surface area contributed by atoms with Crippen LogP contribution in [0.2, 0.25) is 0 Å². The Balaban J connectivity index is 1.76. The smallest absolute Gasteiger partial charge is 0.337 e. The molecule has 6 heteroatoms. The number of hydrogen-bond acceptors (Lipinski definition) is 5. The summed E-state index contributed by atoms with van der Waals surface area (Å²) in [4.78, 5) is 27.7. The zero-order chi connectivity index (χ0) is 18.3. The molecule has 26 heavy (non-hydrogen) atoms. The third-order valence-corrected chi connectivity index (χ3v) is 6.03. The summed E-state index contributed by atoms with van der Waals surface area (Å²) in [6.07, 6.45) is 0. The number of carbonyl (C=O) groups excluding carboxylic acids is 2. The van der Waals surface area contributed by atoms with Gasteiger partial charge in [0.2, 0.25) is 5.91 Å². The lowest BCUT2D eigenvalue weighted by Crippen LogP contribution is -2.63. The fourth-order valence-corrected chi connectivity index (χ4v) is 4.81. The molecular weight excluding hydrogens is 350 g/mol. The first-order valence-electron chi connectivity index (χ1n) is 8.17. The second-order valence-corrected chi connectivity index (χ2v) is 7.14. The van der Waals surface area contributed by atoms with E-state index in [1.54, 1.807) is 24.1 Å². The molecule has 2 aliphatic rings. The lowest BCUT2D eigenvalue weighted by atomic mass is 9.91. The van der Waals surface area contributed by atoms with Crippen LogP contribution in [0.1, 0.15) is 5.56 Å². The highest BCUT2D eigenvalue weighted by molar-refractivity contribution is 8.10. The molecule has 2 aromatic carbocycles. The van der Waals surface area contributed by atoms with Crippen LogP contribution in [-0.4, -0.2) is 37.4 Å². The summed E-state index contributed by atoms with van der Waals surface area (Å²) in [6.45, 7) is 0. The van der Waals surface area contributed by atoms with Gasteiger partial charge in [-0.3, -0.25) is 4.79 Å². The molecule has 1 amide bonds. The number of ether oxygens (including phenoxy) is 2. The van der Waals surface area contributed by atoms with Gasteiger partial charge in [-0.2, -0.15) is 0 Å². The molecule has 1 fully saturated rings. The molecule has 0 aromatic heterocycles. The van der Waals surface area contributed by atoms with Crippen molar-refractivity contribution in [2.24, 2.45) is 0 Å². The Morgan fingerprint density at radius 3 is 2.35 bits per heavy atom. The van der Waals surface area contributed by atoms with Gasteiger partial charge in [-0.05, 0) is 29.8 Å². The first-order chi connectivity index (χ1) is 12.7. The molecule has 2 aromatic rings. The highest BCUT2D eigenvalue weighted by Crippen LogP contribution is 2.53. The summed E-state index contributed by atoms with van der Waals surface area (Å²) in [5.74, 6) is 0.320. The minimum Gasteiger partial charge on any atom is -0.497 e. The van der Waals surface area contributed by atoms with E-state index in [4.69, 9.17) is 9.47 Å². The average molecular weight is 367 g/mol. The number of nitrogens with zero attached hydrogens (tertiary/aromatic N) is 1. The van der Waals surface area contributed by atoms with Crippen LogP contribution in [0.3, 0.4) is 0 Å². The third kappa shape index (κ3) is 2.49. The summed E-state index contributed by atoms with van der Waals surface area (Å²) >= 11 is 1.44. The largest absolute Gasteiger partial charge is 0.497 e. The molecule has 132 valence electrons. The van der Waals surface area contributed by atoms with Crippen LogP contribution in [-0.2, 0) is 14.3 Å². The number of anilines is 1. The predicted octanol–water partition coefficient (Wildman–Crippen LogP) is 3.11. The van der Waals surface area contributed by atoms with Crippen molar-refractivity contribution in [1.29, 1.82) is 0 Å². The van der Waals surface area contributed by atoms with Crippen molar-refractivity contribution < 1.29 is 19.1 Å². The van der Waals surface area contributed by atoms with Gasteiger partial charge in [0.05, 0.1) is 25.8 Å². The maximum Gasteiger partial charge on any atom is 0.337 e. The zero-order valence-corrected chi connectivity index (χ0v) is 15.2. The molecule has 0 saturated carbocycles. The number of thioether (sulfide) groups is 1. The van der Waals surface area contributed by atoms with E-state index >= 15 is 0 Å². The van der Waals surface area contributed by atoms with Crippen LogP contribution < -0.4 is 9.64 Å². The number of esters is 1. The van der Waals surface area contributed by atoms with E-state index in [2.05, 4.69) is 0 Å². The summed E-state index contributed by atoms with van der Waals surface area (Å²) < 4.78 is 10.2. The Labute approximate surface area is 155 Å². The number of benzene rings is 2. The number of fused-ring (bicyclic) bond motifs is 1. The SMILES string of the molecule is COC(=O)C1=C(c2ccccc2)S[C@@H]2C(=O)N(c3ccc(OC)cc3)[C@H]12.